The molecule has 1 heterocycles. The molecule has 0 spiro atoms. The van der Waals surface area contributed by atoms with Crippen LogP contribution >= 0.6 is 11.3 Å². The minimum absolute atomic E-state index is 1.12. The van der Waals surface area contributed by atoms with Gasteiger partial charge in [0.1, 0.15) is 0 Å². The Hall–Kier alpha value is -7.52. The molecule has 2 heteroatoms. The molecule has 0 atom stereocenters. The van der Waals surface area contributed by atoms with Crippen molar-refractivity contribution in [1.82, 2.24) is 0 Å². The monoisotopic (exact) mass is 777 g/mol. The predicted molar refractivity (Wildman–Crippen MR) is 262 cm³/mol. The van der Waals surface area contributed by atoms with E-state index in [1.807, 2.05) is 11.3 Å². The van der Waals surface area contributed by atoms with Crippen LogP contribution in [0.3, 0.4) is 0 Å². The van der Waals surface area contributed by atoms with Crippen LogP contribution < -0.4 is 4.90 Å². The van der Waals surface area contributed by atoms with E-state index < -0.39 is 0 Å². The summed E-state index contributed by atoms with van der Waals surface area (Å²) in [6.07, 6.45) is 0. The molecule has 278 valence electrons. The Labute approximate surface area is 350 Å². The van der Waals surface area contributed by atoms with E-state index in [-0.39, 0.29) is 0 Å². The minimum Gasteiger partial charge on any atom is -0.310 e. The first kappa shape index (κ1) is 33.5. The van der Waals surface area contributed by atoms with Crippen LogP contribution in [0.15, 0.2) is 212 Å². The maximum Gasteiger partial charge on any atom is 0.0476 e. The highest BCUT2D eigenvalue weighted by Crippen LogP contribution is 2.45. The molecule has 0 saturated carbocycles. The molecule has 0 aliphatic carbocycles. The van der Waals surface area contributed by atoms with Gasteiger partial charge in [-0.25, -0.2) is 0 Å². The quantitative estimate of drug-likeness (QED) is 0.161. The van der Waals surface area contributed by atoms with Crippen LogP contribution in [-0.4, -0.2) is 0 Å². The summed E-state index contributed by atoms with van der Waals surface area (Å²) in [6.45, 7) is 0. The van der Waals surface area contributed by atoms with E-state index >= 15 is 0 Å². The predicted octanol–water partition coefficient (Wildman–Crippen LogP) is 17.3. The number of thiophene rings is 1. The summed E-state index contributed by atoms with van der Waals surface area (Å²) in [5.41, 5.74) is 5.86. The second-order valence-electron chi connectivity index (χ2n) is 16.0. The first-order chi connectivity index (χ1) is 29.7. The molecule has 0 N–H and O–H groups in total. The molecule has 0 unspecified atom stereocenters. The van der Waals surface area contributed by atoms with E-state index in [1.165, 1.54) is 107 Å². The van der Waals surface area contributed by atoms with Gasteiger partial charge in [-0.05, 0) is 135 Å². The first-order valence-electron chi connectivity index (χ1n) is 20.7. The number of hydrogen-bond donors (Lipinski definition) is 0. The van der Waals surface area contributed by atoms with Crippen molar-refractivity contribution in [3.05, 3.63) is 212 Å². The maximum absolute atomic E-state index is 2.46. The van der Waals surface area contributed by atoms with Gasteiger partial charge in [-0.1, -0.05) is 164 Å². The molecule has 12 aromatic carbocycles. The average Bonchev–Trinajstić information content (AvgIpc) is 3.70. The lowest BCUT2D eigenvalue weighted by atomic mass is 9.92. The topological polar surface area (TPSA) is 3.24 Å². The van der Waals surface area contributed by atoms with Crippen LogP contribution in [0, 0.1) is 0 Å². The van der Waals surface area contributed by atoms with Crippen LogP contribution in [0.4, 0.5) is 17.1 Å². The Balaban J connectivity index is 1.04. The lowest BCUT2D eigenvalue weighted by Gasteiger charge is -2.27. The summed E-state index contributed by atoms with van der Waals surface area (Å²) in [6, 6.07) is 78.9. The normalized spacial score (nSPS) is 12.0. The molecule has 0 aliphatic rings. The molecule has 60 heavy (non-hydrogen) atoms. The molecule has 0 bridgehead atoms. The molecule has 13 rings (SSSR count). The van der Waals surface area contributed by atoms with Gasteiger partial charge in [0.25, 0.3) is 0 Å². The van der Waals surface area contributed by atoms with E-state index in [9.17, 15) is 0 Å². The Morgan fingerprint density at radius 3 is 1.52 bits per heavy atom. The third kappa shape index (κ3) is 5.05. The summed E-state index contributed by atoms with van der Waals surface area (Å²) in [5.74, 6) is 0. The zero-order valence-electron chi connectivity index (χ0n) is 32.6. The molecule has 0 radical (unpaired) electrons. The van der Waals surface area contributed by atoms with Gasteiger partial charge in [0.05, 0.1) is 0 Å². The van der Waals surface area contributed by atoms with Crippen LogP contribution in [0.1, 0.15) is 0 Å². The average molecular weight is 778 g/mol. The fourth-order valence-corrected chi connectivity index (χ4v) is 11.2. The van der Waals surface area contributed by atoms with Crippen molar-refractivity contribution in [1.29, 1.82) is 0 Å². The highest BCUT2D eigenvalue weighted by Gasteiger charge is 2.19. The van der Waals surface area contributed by atoms with Crippen LogP contribution in [0.2, 0.25) is 0 Å². The van der Waals surface area contributed by atoms with Crippen molar-refractivity contribution >= 4 is 124 Å². The zero-order valence-corrected chi connectivity index (χ0v) is 33.4. The van der Waals surface area contributed by atoms with Crippen LogP contribution in [0.5, 0.6) is 0 Å². The van der Waals surface area contributed by atoms with Crippen molar-refractivity contribution in [2.75, 3.05) is 4.90 Å². The lowest BCUT2D eigenvalue weighted by Crippen LogP contribution is -2.10. The third-order valence-electron chi connectivity index (χ3n) is 12.8. The van der Waals surface area contributed by atoms with Gasteiger partial charge in [-0.15, -0.1) is 11.3 Å². The number of benzene rings is 12. The smallest absolute Gasteiger partial charge is 0.0476 e. The number of rotatable bonds is 4. The molecule has 0 aliphatic heterocycles. The Bertz CT molecular complexity index is 3880. The number of fused-ring (bicyclic) bond motifs is 15. The van der Waals surface area contributed by atoms with E-state index in [0.717, 1.165) is 17.1 Å². The van der Waals surface area contributed by atoms with Gasteiger partial charge in [0.2, 0.25) is 0 Å². The largest absolute Gasteiger partial charge is 0.310 e. The fourth-order valence-electron chi connectivity index (χ4n) is 9.95. The third-order valence-corrected chi connectivity index (χ3v) is 14.0. The van der Waals surface area contributed by atoms with Crippen molar-refractivity contribution in [3.63, 3.8) is 0 Å². The summed E-state index contributed by atoms with van der Waals surface area (Å²) in [5, 5.41) is 20.4. The van der Waals surface area contributed by atoms with Crippen molar-refractivity contribution < 1.29 is 0 Å². The number of nitrogens with zero attached hydrogens (tertiary/aromatic N) is 1. The second-order valence-corrected chi connectivity index (χ2v) is 17.1. The summed E-state index contributed by atoms with van der Waals surface area (Å²) in [4.78, 5) is 2.46. The SMILES string of the molecule is c1ccc2c(c1)cc(-c1ccc3ccc(N(c4ccc5c(c4)sc4c6ccccc6ccc54)c4ccc5c6ccccc6c6ccccc6c5c4)cc3c1)c1ccccc12. The molecular weight excluding hydrogens is 743 g/mol. The summed E-state index contributed by atoms with van der Waals surface area (Å²) < 4.78 is 2.63. The highest BCUT2D eigenvalue weighted by molar-refractivity contribution is 7.26. The Kier molecular flexibility index (Phi) is 7.24. The van der Waals surface area contributed by atoms with Gasteiger partial charge in [0.15, 0.2) is 0 Å². The summed E-state index contributed by atoms with van der Waals surface area (Å²) in [7, 11) is 0. The molecule has 1 nitrogen and oxygen atoms in total. The van der Waals surface area contributed by atoms with Crippen LogP contribution in [0.25, 0.3) is 107 Å². The highest BCUT2D eigenvalue weighted by atomic mass is 32.1. The minimum atomic E-state index is 1.12. The van der Waals surface area contributed by atoms with E-state index in [2.05, 4.69) is 217 Å². The van der Waals surface area contributed by atoms with Gasteiger partial charge < -0.3 is 4.90 Å². The Morgan fingerprint density at radius 2 is 0.767 bits per heavy atom. The van der Waals surface area contributed by atoms with Gasteiger partial charge in [0, 0.05) is 37.2 Å². The van der Waals surface area contributed by atoms with Gasteiger partial charge in [-0.3, -0.25) is 0 Å². The molecule has 0 fully saturated rings. The van der Waals surface area contributed by atoms with Crippen molar-refractivity contribution in [2.24, 2.45) is 0 Å². The number of hydrogen-bond acceptors (Lipinski definition) is 2. The second kappa shape index (κ2) is 13.0. The van der Waals surface area contributed by atoms with Crippen LogP contribution in [-0.2, 0) is 0 Å². The van der Waals surface area contributed by atoms with Gasteiger partial charge in [-0.2, -0.15) is 0 Å². The fraction of sp³-hybridized carbons (Fsp3) is 0. The lowest BCUT2D eigenvalue weighted by molar-refractivity contribution is 1.30. The molecule has 13 aromatic rings. The van der Waals surface area contributed by atoms with E-state index in [1.54, 1.807) is 0 Å². The van der Waals surface area contributed by atoms with E-state index in [4.69, 9.17) is 0 Å². The maximum atomic E-state index is 2.46. The molecule has 1 aromatic heterocycles. The Morgan fingerprint density at radius 1 is 0.267 bits per heavy atom. The van der Waals surface area contributed by atoms with Crippen molar-refractivity contribution in [2.45, 2.75) is 0 Å². The molecular formula is C58H35NS. The molecule has 0 saturated heterocycles. The van der Waals surface area contributed by atoms with E-state index in [0.29, 0.717) is 0 Å². The standard InChI is InChI=1S/C58H35NS/c1-4-14-45-37(11-1)24-28-54-53-30-27-43(35-57(53)60-58(45)54)59(42-26-29-52-49-18-7-6-16-47(49)48-17-8-10-20-51(48)56(52)34-42)41-25-23-36-21-22-39(31-40(36)32-41)55-33-38-12-2-3-13-44(38)46-15-5-9-19-50(46)55/h1-35H. The number of anilines is 3. The van der Waals surface area contributed by atoms with Gasteiger partial charge >= 0.3 is 0 Å². The zero-order chi connectivity index (χ0) is 39.3. The first-order valence-corrected chi connectivity index (χ1v) is 21.5. The summed E-state index contributed by atoms with van der Waals surface area (Å²) >= 11 is 1.90. The van der Waals surface area contributed by atoms with Crippen molar-refractivity contribution in [3.8, 4) is 11.1 Å². The molecule has 0 amide bonds.